The highest BCUT2D eigenvalue weighted by molar-refractivity contribution is 5.95. The van der Waals surface area contributed by atoms with Gasteiger partial charge in [0.05, 0.1) is 11.6 Å². The van der Waals surface area contributed by atoms with Crippen molar-refractivity contribution in [3.05, 3.63) is 29.8 Å². The Kier molecular flexibility index (Phi) is 7.07. The Balaban J connectivity index is 2.36. The van der Waals surface area contributed by atoms with Gasteiger partial charge in [-0.3, -0.25) is 9.59 Å². The zero-order valence-corrected chi connectivity index (χ0v) is 12.7. The molecule has 0 bridgehead atoms. The maximum absolute atomic E-state index is 11.9. The first-order valence-electron chi connectivity index (χ1n) is 6.96. The fraction of sp³-hybridized carbons (Fsp3) is 0.333. The molecule has 0 aliphatic carbocycles. The summed E-state index contributed by atoms with van der Waals surface area (Å²) in [6.45, 7) is 1.72. The molecule has 0 spiro atoms. The minimum Gasteiger partial charge on any atom is -0.453 e. The highest BCUT2D eigenvalue weighted by atomic mass is 16.5. The van der Waals surface area contributed by atoms with Crippen molar-refractivity contribution in [3.8, 4) is 6.07 Å². The second-order valence-electron chi connectivity index (χ2n) is 4.71. The van der Waals surface area contributed by atoms with E-state index in [1.54, 1.807) is 24.3 Å². The number of anilines is 1. The minimum atomic E-state index is -0.956. The lowest BCUT2D eigenvalue weighted by atomic mass is 10.2. The van der Waals surface area contributed by atoms with Crippen molar-refractivity contribution in [2.75, 3.05) is 11.9 Å². The van der Waals surface area contributed by atoms with E-state index in [1.165, 1.54) is 6.92 Å². The highest BCUT2D eigenvalue weighted by Crippen LogP contribution is 2.10. The number of amides is 3. The Morgan fingerprint density at radius 2 is 1.96 bits per heavy atom. The van der Waals surface area contributed by atoms with Gasteiger partial charge in [0.25, 0.3) is 5.91 Å². The molecule has 0 heterocycles. The molecule has 0 fully saturated rings. The van der Waals surface area contributed by atoms with Gasteiger partial charge in [-0.1, -0.05) is 0 Å². The van der Waals surface area contributed by atoms with Crippen LogP contribution >= 0.6 is 0 Å². The van der Waals surface area contributed by atoms with Crippen LogP contribution in [-0.4, -0.2) is 30.6 Å². The number of esters is 1. The van der Waals surface area contributed by atoms with E-state index < -0.39 is 24.0 Å². The lowest BCUT2D eigenvalue weighted by Crippen LogP contribution is -2.31. The second kappa shape index (κ2) is 9.04. The van der Waals surface area contributed by atoms with Crippen LogP contribution in [0.25, 0.3) is 0 Å². The van der Waals surface area contributed by atoms with Gasteiger partial charge < -0.3 is 21.1 Å². The van der Waals surface area contributed by atoms with Gasteiger partial charge in [0.1, 0.15) is 0 Å². The van der Waals surface area contributed by atoms with Crippen molar-refractivity contribution in [3.63, 3.8) is 0 Å². The quantitative estimate of drug-likeness (QED) is 0.506. The van der Waals surface area contributed by atoms with Gasteiger partial charge in [-0.25, -0.2) is 4.79 Å². The highest BCUT2D eigenvalue weighted by Gasteiger charge is 2.17. The van der Waals surface area contributed by atoms with Crippen LogP contribution in [0.5, 0.6) is 0 Å². The first-order valence-corrected chi connectivity index (χ1v) is 6.96. The lowest BCUT2D eigenvalue weighted by Gasteiger charge is -2.13. The number of benzene rings is 1. The monoisotopic (exact) mass is 318 g/mol. The number of nitrogens with two attached hydrogens (primary N) is 1. The van der Waals surface area contributed by atoms with Gasteiger partial charge >= 0.3 is 12.0 Å². The summed E-state index contributed by atoms with van der Waals surface area (Å²) in [5.41, 5.74) is 5.87. The zero-order chi connectivity index (χ0) is 17.2. The molecule has 0 unspecified atom stereocenters. The van der Waals surface area contributed by atoms with E-state index in [9.17, 15) is 14.4 Å². The van der Waals surface area contributed by atoms with Gasteiger partial charge in [0.15, 0.2) is 6.10 Å². The number of nitrogens with one attached hydrogen (secondary N) is 2. The van der Waals surface area contributed by atoms with Crippen LogP contribution in [0.15, 0.2) is 24.3 Å². The molecule has 122 valence electrons. The summed E-state index contributed by atoms with van der Waals surface area (Å²) in [7, 11) is 0. The fourth-order valence-corrected chi connectivity index (χ4v) is 1.63. The van der Waals surface area contributed by atoms with Crippen LogP contribution in [-0.2, 0) is 14.3 Å². The molecule has 0 aliphatic heterocycles. The van der Waals surface area contributed by atoms with Gasteiger partial charge in [-0.15, -0.1) is 0 Å². The van der Waals surface area contributed by atoms with Gasteiger partial charge in [-0.2, -0.15) is 5.26 Å². The molecule has 3 amide bonds. The predicted octanol–water partition coefficient (Wildman–Crippen LogP) is 0.877. The number of rotatable bonds is 7. The zero-order valence-electron chi connectivity index (χ0n) is 12.7. The molecule has 0 aliphatic rings. The number of nitriles is 1. The fourth-order valence-electron chi connectivity index (χ4n) is 1.63. The van der Waals surface area contributed by atoms with Crippen LogP contribution in [0.4, 0.5) is 10.5 Å². The molecule has 1 aromatic rings. The van der Waals surface area contributed by atoms with E-state index in [1.807, 2.05) is 6.07 Å². The summed E-state index contributed by atoms with van der Waals surface area (Å²) in [5, 5.41) is 13.6. The Hall–Kier alpha value is -3.08. The third kappa shape index (κ3) is 6.95. The maximum atomic E-state index is 11.9. The third-order valence-electron chi connectivity index (χ3n) is 2.82. The molecule has 1 atom stereocenters. The number of primary amides is 1. The van der Waals surface area contributed by atoms with Crippen molar-refractivity contribution in [2.45, 2.75) is 25.9 Å². The number of carbonyl (C=O) groups is 3. The summed E-state index contributed by atoms with van der Waals surface area (Å²) in [4.78, 5) is 33.9. The summed E-state index contributed by atoms with van der Waals surface area (Å²) in [6.07, 6.45) is -0.525. The van der Waals surface area contributed by atoms with E-state index in [2.05, 4.69) is 10.6 Å². The van der Waals surface area contributed by atoms with E-state index in [-0.39, 0.29) is 13.0 Å². The first-order chi connectivity index (χ1) is 10.9. The molecule has 1 rings (SSSR count). The Bertz CT molecular complexity index is 607. The normalized spacial score (nSPS) is 11.0. The van der Waals surface area contributed by atoms with Crippen LogP contribution in [0, 0.1) is 11.3 Å². The van der Waals surface area contributed by atoms with Gasteiger partial charge in [0.2, 0.25) is 0 Å². The largest absolute Gasteiger partial charge is 0.453 e. The lowest BCUT2D eigenvalue weighted by molar-refractivity contribution is -0.153. The Morgan fingerprint density at radius 1 is 1.30 bits per heavy atom. The van der Waals surface area contributed by atoms with Crippen LogP contribution in [0.2, 0.25) is 0 Å². The second-order valence-corrected chi connectivity index (χ2v) is 4.71. The van der Waals surface area contributed by atoms with Crippen LogP contribution in [0.1, 0.15) is 25.3 Å². The van der Waals surface area contributed by atoms with Crippen LogP contribution in [0.3, 0.4) is 0 Å². The smallest absolute Gasteiger partial charge is 0.312 e. The molecule has 1 aromatic carbocycles. The summed E-state index contributed by atoms with van der Waals surface area (Å²) < 4.78 is 4.99. The van der Waals surface area contributed by atoms with Crippen molar-refractivity contribution in [1.82, 2.24) is 5.32 Å². The van der Waals surface area contributed by atoms with Gasteiger partial charge in [-0.05, 0) is 37.6 Å². The number of urea groups is 1. The Labute approximate surface area is 133 Å². The predicted molar refractivity (Wildman–Crippen MR) is 82.2 cm³/mol. The average Bonchev–Trinajstić information content (AvgIpc) is 2.52. The van der Waals surface area contributed by atoms with Crippen molar-refractivity contribution >= 4 is 23.6 Å². The van der Waals surface area contributed by atoms with Gasteiger partial charge in [0, 0.05) is 18.7 Å². The Morgan fingerprint density at radius 3 is 2.52 bits per heavy atom. The molecular weight excluding hydrogens is 300 g/mol. The molecule has 0 radical (unpaired) electrons. The number of carbonyl (C=O) groups excluding carboxylic acids is 3. The molecule has 0 aromatic heterocycles. The molecule has 8 heteroatoms. The molecule has 0 saturated carbocycles. The number of hydrogen-bond acceptors (Lipinski definition) is 5. The summed E-state index contributed by atoms with van der Waals surface area (Å²) >= 11 is 0. The molecular formula is C15H18N4O4. The average molecular weight is 318 g/mol. The first kappa shape index (κ1) is 18.0. The van der Waals surface area contributed by atoms with E-state index in [0.29, 0.717) is 17.7 Å². The van der Waals surface area contributed by atoms with E-state index in [4.69, 9.17) is 15.7 Å². The standard InChI is InChI=1S/C15H18N4O4/c1-10(23-13(20)3-2-8-18-15(17)22)14(21)19-12-6-4-11(9-16)5-7-12/h4-7,10H,2-3,8H2,1H3,(H,19,21)(H3,17,18,22)/t10-/m0/s1. The van der Waals surface area contributed by atoms with Crippen molar-refractivity contribution in [1.29, 1.82) is 5.26 Å². The van der Waals surface area contributed by atoms with Crippen molar-refractivity contribution < 1.29 is 19.1 Å². The van der Waals surface area contributed by atoms with Crippen LogP contribution < -0.4 is 16.4 Å². The summed E-state index contributed by atoms with van der Waals surface area (Å²) in [6, 6.07) is 7.62. The SMILES string of the molecule is C[C@H](OC(=O)CCCNC(N)=O)C(=O)Nc1ccc(C#N)cc1. The topological polar surface area (TPSA) is 134 Å². The number of ether oxygens (including phenoxy) is 1. The van der Waals surface area contributed by atoms with E-state index >= 15 is 0 Å². The third-order valence-corrected chi connectivity index (χ3v) is 2.82. The number of nitrogens with zero attached hydrogens (tertiary/aromatic N) is 1. The molecule has 8 nitrogen and oxygen atoms in total. The maximum Gasteiger partial charge on any atom is 0.312 e. The summed E-state index contributed by atoms with van der Waals surface area (Å²) in [5.74, 6) is -1.02. The molecule has 0 saturated heterocycles. The molecule has 23 heavy (non-hydrogen) atoms. The molecule has 4 N–H and O–H groups in total. The van der Waals surface area contributed by atoms with Crippen molar-refractivity contribution in [2.24, 2.45) is 5.73 Å². The van der Waals surface area contributed by atoms with E-state index in [0.717, 1.165) is 0 Å². The minimum absolute atomic E-state index is 0.0643. The number of hydrogen-bond donors (Lipinski definition) is 3.